The van der Waals surface area contributed by atoms with Gasteiger partial charge in [0, 0.05) is 25.2 Å². The molecule has 7 nitrogen and oxygen atoms in total. The third-order valence-electron chi connectivity index (χ3n) is 3.41. The lowest BCUT2D eigenvalue weighted by Crippen LogP contribution is -2.46. The summed E-state index contributed by atoms with van der Waals surface area (Å²) in [6.07, 6.45) is 1.23. The Morgan fingerprint density at radius 3 is 2.65 bits per heavy atom. The van der Waals surface area contributed by atoms with Gasteiger partial charge < -0.3 is 9.84 Å². The van der Waals surface area contributed by atoms with Gasteiger partial charge in [0.1, 0.15) is 5.76 Å². The zero-order valence-electron chi connectivity index (χ0n) is 11.6. The van der Waals surface area contributed by atoms with Crippen molar-refractivity contribution >= 4 is 15.9 Å². The lowest BCUT2D eigenvalue weighted by Gasteiger charge is -2.31. The van der Waals surface area contributed by atoms with Crippen LogP contribution in [-0.2, 0) is 10.0 Å². The van der Waals surface area contributed by atoms with E-state index >= 15 is 0 Å². The number of carbonyl (C=O) groups excluding carboxylic acids is 1. The maximum Gasteiger partial charge on any atom is 0.273 e. The molecule has 1 aromatic heterocycles. The number of sulfonamides is 1. The van der Waals surface area contributed by atoms with Gasteiger partial charge in [0.2, 0.25) is 10.0 Å². The van der Waals surface area contributed by atoms with Crippen molar-refractivity contribution in [1.82, 2.24) is 14.8 Å². The number of amides is 1. The zero-order chi connectivity index (χ0) is 14.8. The van der Waals surface area contributed by atoms with Gasteiger partial charge in [-0.1, -0.05) is 5.16 Å². The highest BCUT2D eigenvalue weighted by molar-refractivity contribution is 7.89. The molecular formula is C12H19N3O4S. The van der Waals surface area contributed by atoms with Crippen LogP contribution in [0, 0.1) is 6.92 Å². The molecule has 112 valence electrons. The van der Waals surface area contributed by atoms with Crippen LogP contribution in [0.1, 0.15) is 36.0 Å². The molecule has 0 aliphatic carbocycles. The first-order chi connectivity index (χ1) is 9.42. The Kier molecular flexibility index (Phi) is 4.44. The number of hydrogen-bond donors (Lipinski definition) is 1. The Labute approximate surface area is 118 Å². The molecule has 8 heteroatoms. The summed E-state index contributed by atoms with van der Waals surface area (Å²) in [6, 6.07) is 1.55. The molecule has 0 saturated carbocycles. The average molecular weight is 301 g/mol. The van der Waals surface area contributed by atoms with Crippen LogP contribution in [0.25, 0.3) is 0 Å². The maximum atomic E-state index is 11.9. The lowest BCUT2D eigenvalue weighted by atomic mass is 10.1. The zero-order valence-corrected chi connectivity index (χ0v) is 12.4. The van der Waals surface area contributed by atoms with Gasteiger partial charge in [0.25, 0.3) is 5.91 Å². The number of nitrogens with one attached hydrogen (secondary N) is 1. The summed E-state index contributed by atoms with van der Waals surface area (Å²) in [4.78, 5) is 11.9. The Balaban J connectivity index is 1.87. The Morgan fingerprint density at radius 1 is 1.50 bits per heavy atom. The van der Waals surface area contributed by atoms with Crippen molar-refractivity contribution in [3.63, 3.8) is 0 Å². The fourth-order valence-electron chi connectivity index (χ4n) is 2.19. The number of hydrogen-bond acceptors (Lipinski definition) is 5. The van der Waals surface area contributed by atoms with E-state index in [9.17, 15) is 13.2 Å². The number of rotatable bonds is 4. The SMILES string of the molecule is CCS(=O)(=O)N1CCC(NC(=O)c2cc(C)on2)CC1. The molecule has 1 amide bonds. The first-order valence-corrected chi connectivity index (χ1v) is 8.25. The van der Waals surface area contributed by atoms with Crippen molar-refractivity contribution in [2.24, 2.45) is 0 Å². The van der Waals surface area contributed by atoms with E-state index < -0.39 is 10.0 Å². The molecule has 0 spiro atoms. The highest BCUT2D eigenvalue weighted by atomic mass is 32.2. The van der Waals surface area contributed by atoms with Crippen molar-refractivity contribution in [3.05, 3.63) is 17.5 Å². The van der Waals surface area contributed by atoms with E-state index in [1.54, 1.807) is 19.9 Å². The summed E-state index contributed by atoms with van der Waals surface area (Å²) in [5.41, 5.74) is 0.256. The van der Waals surface area contributed by atoms with Crippen molar-refractivity contribution in [2.45, 2.75) is 32.7 Å². The molecule has 0 bridgehead atoms. The largest absolute Gasteiger partial charge is 0.361 e. The summed E-state index contributed by atoms with van der Waals surface area (Å²) in [5.74, 6) is 0.417. The molecule has 1 N–H and O–H groups in total. The highest BCUT2D eigenvalue weighted by Crippen LogP contribution is 2.15. The van der Waals surface area contributed by atoms with Crippen LogP contribution in [0.4, 0.5) is 0 Å². The van der Waals surface area contributed by atoms with Gasteiger partial charge in [-0.3, -0.25) is 4.79 Å². The molecule has 1 fully saturated rings. The summed E-state index contributed by atoms with van der Waals surface area (Å²) >= 11 is 0. The number of carbonyl (C=O) groups is 1. The monoisotopic (exact) mass is 301 g/mol. The van der Waals surface area contributed by atoms with E-state index in [1.807, 2.05) is 0 Å². The predicted molar refractivity (Wildman–Crippen MR) is 72.8 cm³/mol. The van der Waals surface area contributed by atoms with Crippen molar-refractivity contribution in [3.8, 4) is 0 Å². The van der Waals surface area contributed by atoms with Gasteiger partial charge in [-0.2, -0.15) is 0 Å². The smallest absolute Gasteiger partial charge is 0.273 e. The van der Waals surface area contributed by atoms with Crippen LogP contribution in [0.15, 0.2) is 10.6 Å². The predicted octanol–water partition coefficient (Wildman–Crippen LogP) is 0.527. The van der Waals surface area contributed by atoms with E-state index in [2.05, 4.69) is 10.5 Å². The number of piperidine rings is 1. The third-order valence-corrected chi connectivity index (χ3v) is 5.29. The van der Waals surface area contributed by atoms with Crippen LogP contribution in [0.5, 0.6) is 0 Å². The second kappa shape index (κ2) is 5.92. The van der Waals surface area contributed by atoms with Gasteiger partial charge in [0.15, 0.2) is 5.69 Å². The maximum absolute atomic E-state index is 11.9. The summed E-state index contributed by atoms with van der Waals surface area (Å²) < 4.78 is 29.8. The molecule has 2 rings (SSSR count). The summed E-state index contributed by atoms with van der Waals surface area (Å²) in [7, 11) is -3.13. The second-order valence-corrected chi connectivity index (χ2v) is 7.13. The van der Waals surface area contributed by atoms with E-state index in [4.69, 9.17) is 4.52 Å². The van der Waals surface area contributed by atoms with Gasteiger partial charge >= 0.3 is 0 Å². The standard InChI is InChI=1S/C12H19N3O4S/c1-3-20(17,18)15-6-4-10(5-7-15)13-12(16)11-8-9(2)19-14-11/h8,10H,3-7H2,1-2H3,(H,13,16). The molecule has 1 aliphatic rings. The minimum Gasteiger partial charge on any atom is -0.361 e. The molecule has 0 aromatic carbocycles. The highest BCUT2D eigenvalue weighted by Gasteiger charge is 2.27. The summed E-state index contributed by atoms with van der Waals surface area (Å²) in [6.45, 7) is 4.24. The van der Waals surface area contributed by atoms with Crippen molar-refractivity contribution < 1.29 is 17.7 Å². The van der Waals surface area contributed by atoms with E-state index in [-0.39, 0.29) is 23.4 Å². The fourth-order valence-corrected chi connectivity index (χ4v) is 3.33. The van der Waals surface area contributed by atoms with Gasteiger partial charge in [0.05, 0.1) is 5.75 Å². The van der Waals surface area contributed by atoms with Crippen LogP contribution in [0.3, 0.4) is 0 Å². The van der Waals surface area contributed by atoms with Crippen LogP contribution in [-0.4, -0.2) is 48.7 Å². The van der Waals surface area contributed by atoms with E-state index in [1.165, 1.54) is 4.31 Å². The second-order valence-electron chi connectivity index (χ2n) is 4.87. The van der Waals surface area contributed by atoms with Gasteiger partial charge in [-0.05, 0) is 26.7 Å². The quantitative estimate of drug-likeness (QED) is 0.875. The minimum atomic E-state index is -3.13. The summed E-state index contributed by atoms with van der Waals surface area (Å²) in [5, 5.41) is 6.51. The molecule has 1 aliphatic heterocycles. The molecule has 0 radical (unpaired) electrons. The molecule has 1 aromatic rings. The Hall–Kier alpha value is -1.41. The lowest BCUT2D eigenvalue weighted by molar-refractivity contribution is 0.0914. The van der Waals surface area contributed by atoms with Crippen molar-refractivity contribution in [2.75, 3.05) is 18.8 Å². The van der Waals surface area contributed by atoms with Gasteiger partial charge in [-0.25, -0.2) is 12.7 Å². The molecule has 0 atom stereocenters. The van der Waals surface area contributed by atoms with Gasteiger partial charge in [-0.15, -0.1) is 0 Å². The molecular weight excluding hydrogens is 282 g/mol. The molecule has 0 unspecified atom stereocenters. The van der Waals surface area contributed by atoms with Crippen LogP contribution in [0.2, 0.25) is 0 Å². The van der Waals surface area contributed by atoms with E-state index in [0.29, 0.717) is 31.7 Å². The number of aryl methyl sites for hydroxylation is 1. The third kappa shape index (κ3) is 3.37. The van der Waals surface area contributed by atoms with Crippen molar-refractivity contribution in [1.29, 1.82) is 0 Å². The van der Waals surface area contributed by atoms with Crippen LogP contribution < -0.4 is 5.32 Å². The topological polar surface area (TPSA) is 92.5 Å². The average Bonchev–Trinajstić information content (AvgIpc) is 2.86. The minimum absolute atomic E-state index is 0.0252. The Morgan fingerprint density at radius 2 is 2.15 bits per heavy atom. The Bertz CT molecular complexity index is 573. The van der Waals surface area contributed by atoms with E-state index in [0.717, 1.165) is 0 Å². The molecule has 1 saturated heterocycles. The molecule has 2 heterocycles. The number of aromatic nitrogens is 1. The first kappa shape index (κ1) is 15.0. The molecule has 20 heavy (non-hydrogen) atoms. The first-order valence-electron chi connectivity index (χ1n) is 6.64. The normalized spacial score (nSPS) is 18.1. The fraction of sp³-hybridized carbons (Fsp3) is 0.667. The van der Waals surface area contributed by atoms with Crippen LogP contribution >= 0.6 is 0 Å². The number of nitrogens with zero attached hydrogens (tertiary/aromatic N) is 2.